The molecule has 2 heterocycles. The van der Waals surface area contributed by atoms with Gasteiger partial charge in [0, 0.05) is 64.3 Å². The second-order valence-electron chi connectivity index (χ2n) is 7.07. The van der Waals surface area contributed by atoms with Crippen LogP contribution in [-0.4, -0.2) is 73.8 Å². The van der Waals surface area contributed by atoms with Crippen molar-refractivity contribution in [2.24, 2.45) is 4.99 Å². The number of aliphatic imine (C=N–C) groups is 1. The number of guanidine groups is 1. The van der Waals surface area contributed by atoms with E-state index < -0.39 is 6.61 Å². The van der Waals surface area contributed by atoms with Crippen LogP contribution in [0.25, 0.3) is 0 Å². The van der Waals surface area contributed by atoms with E-state index in [4.69, 9.17) is 0 Å². The van der Waals surface area contributed by atoms with Crippen molar-refractivity contribution in [1.82, 2.24) is 25.5 Å². The number of anilines is 1. The monoisotopic (exact) mass is 561 g/mol. The maximum absolute atomic E-state index is 12.5. The van der Waals surface area contributed by atoms with Crippen LogP contribution in [0.1, 0.15) is 12.0 Å². The van der Waals surface area contributed by atoms with Gasteiger partial charge in [-0.2, -0.15) is 8.78 Å². The average molecular weight is 561 g/mol. The van der Waals surface area contributed by atoms with Gasteiger partial charge in [-0.3, -0.25) is 9.89 Å². The highest BCUT2D eigenvalue weighted by Gasteiger charge is 2.18. The molecule has 1 aromatic carbocycles. The zero-order chi connectivity index (χ0) is 21.9. The zero-order valence-corrected chi connectivity index (χ0v) is 20.4. The predicted octanol–water partition coefficient (Wildman–Crippen LogP) is 2.57. The Morgan fingerprint density at radius 3 is 2.50 bits per heavy atom. The van der Waals surface area contributed by atoms with Gasteiger partial charge in [0.05, 0.1) is 0 Å². The molecule has 176 valence electrons. The van der Waals surface area contributed by atoms with Crippen LogP contribution in [0.2, 0.25) is 0 Å². The van der Waals surface area contributed by atoms with Gasteiger partial charge in [0.25, 0.3) is 0 Å². The van der Waals surface area contributed by atoms with Gasteiger partial charge in [-0.15, -0.1) is 24.0 Å². The Kier molecular flexibility index (Phi) is 11.4. The molecule has 3 rings (SSSR count). The quantitative estimate of drug-likeness (QED) is 0.211. The first kappa shape index (κ1) is 26.0. The minimum atomic E-state index is -2.85. The van der Waals surface area contributed by atoms with Crippen molar-refractivity contribution in [2.75, 3.05) is 51.2 Å². The van der Waals surface area contributed by atoms with Gasteiger partial charge in [-0.25, -0.2) is 9.97 Å². The van der Waals surface area contributed by atoms with Crippen molar-refractivity contribution in [3.8, 4) is 5.75 Å². The SMILES string of the molecule is CN=C(NCCCN1CCN(c2ncccn2)CC1)NCc1ccccc1OC(F)F.I. The first-order valence-electron chi connectivity index (χ1n) is 10.4. The maximum atomic E-state index is 12.5. The average Bonchev–Trinajstić information content (AvgIpc) is 2.80. The topological polar surface area (TPSA) is 77.9 Å². The van der Waals surface area contributed by atoms with Crippen molar-refractivity contribution in [2.45, 2.75) is 19.6 Å². The summed E-state index contributed by atoms with van der Waals surface area (Å²) in [6.07, 6.45) is 4.51. The molecule has 0 atom stereocenters. The summed E-state index contributed by atoms with van der Waals surface area (Å²) in [6, 6.07) is 8.56. The third-order valence-electron chi connectivity index (χ3n) is 5.01. The fraction of sp³-hybridized carbons (Fsp3) is 0.476. The molecule has 32 heavy (non-hydrogen) atoms. The van der Waals surface area contributed by atoms with Crippen molar-refractivity contribution in [3.63, 3.8) is 0 Å². The molecule has 8 nitrogen and oxygen atoms in total. The third-order valence-corrected chi connectivity index (χ3v) is 5.01. The highest BCUT2D eigenvalue weighted by molar-refractivity contribution is 14.0. The number of piperazine rings is 1. The summed E-state index contributed by atoms with van der Waals surface area (Å²) < 4.78 is 29.6. The Bertz CT molecular complexity index is 821. The second-order valence-corrected chi connectivity index (χ2v) is 7.07. The first-order valence-corrected chi connectivity index (χ1v) is 10.4. The summed E-state index contributed by atoms with van der Waals surface area (Å²) in [7, 11) is 1.68. The largest absolute Gasteiger partial charge is 0.434 e. The van der Waals surface area contributed by atoms with Crippen LogP contribution in [0.5, 0.6) is 5.75 Å². The highest BCUT2D eigenvalue weighted by Crippen LogP contribution is 2.19. The number of nitrogens with zero attached hydrogens (tertiary/aromatic N) is 5. The number of benzene rings is 1. The van der Waals surface area contributed by atoms with Crippen LogP contribution in [0.4, 0.5) is 14.7 Å². The number of ether oxygens (including phenoxy) is 1. The van der Waals surface area contributed by atoms with Gasteiger partial charge >= 0.3 is 6.61 Å². The van der Waals surface area contributed by atoms with Crippen molar-refractivity contribution < 1.29 is 13.5 Å². The maximum Gasteiger partial charge on any atom is 0.387 e. The van der Waals surface area contributed by atoms with E-state index in [0.717, 1.165) is 51.6 Å². The van der Waals surface area contributed by atoms with Gasteiger partial charge in [0.2, 0.25) is 5.95 Å². The smallest absolute Gasteiger partial charge is 0.387 e. The molecule has 0 bridgehead atoms. The molecule has 0 spiro atoms. The summed E-state index contributed by atoms with van der Waals surface area (Å²) in [5.74, 6) is 1.58. The van der Waals surface area contributed by atoms with Gasteiger partial charge in [0.15, 0.2) is 5.96 Å². The summed E-state index contributed by atoms with van der Waals surface area (Å²) in [5.41, 5.74) is 0.644. The Balaban J connectivity index is 0.00000363. The molecule has 1 aliphatic rings. The van der Waals surface area contributed by atoms with Gasteiger partial charge in [-0.05, 0) is 25.1 Å². The van der Waals surface area contributed by atoms with Crippen LogP contribution in [0.15, 0.2) is 47.7 Å². The fourth-order valence-corrected chi connectivity index (χ4v) is 3.40. The van der Waals surface area contributed by atoms with Crippen LogP contribution in [0.3, 0.4) is 0 Å². The van der Waals surface area contributed by atoms with E-state index in [-0.39, 0.29) is 29.7 Å². The van der Waals surface area contributed by atoms with E-state index in [1.54, 1.807) is 37.6 Å². The summed E-state index contributed by atoms with van der Waals surface area (Å²) >= 11 is 0. The molecular formula is C21H30F2IN7O. The molecule has 0 amide bonds. The molecule has 11 heteroatoms. The van der Waals surface area contributed by atoms with Crippen molar-refractivity contribution in [3.05, 3.63) is 48.3 Å². The van der Waals surface area contributed by atoms with Gasteiger partial charge in [0.1, 0.15) is 5.75 Å². The minimum absolute atomic E-state index is 0. The van der Waals surface area contributed by atoms with Crippen LogP contribution >= 0.6 is 24.0 Å². The molecule has 1 saturated heterocycles. The molecule has 0 saturated carbocycles. The first-order chi connectivity index (χ1) is 15.2. The Morgan fingerprint density at radius 1 is 1.09 bits per heavy atom. The molecule has 1 aromatic heterocycles. The third kappa shape index (κ3) is 8.34. The number of halogens is 3. The Hall–Kier alpha value is -2.28. The van der Waals surface area contributed by atoms with E-state index in [1.807, 2.05) is 6.07 Å². The molecule has 1 fully saturated rings. The number of rotatable bonds is 9. The lowest BCUT2D eigenvalue weighted by Gasteiger charge is -2.34. The zero-order valence-electron chi connectivity index (χ0n) is 18.1. The van der Waals surface area contributed by atoms with Gasteiger partial charge in [-0.1, -0.05) is 18.2 Å². The Morgan fingerprint density at radius 2 is 1.81 bits per heavy atom. The normalized spacial score (nSPS) is 14.8. The molecule has 0 radical (unpaired) electrons. The van der Waals surface area contributed by atoms with E-state index in [1.165, 1.54) is 6.07 Å². The summed E-state index contributed by atoms with van der Waals surface area (Å²) in [4.78, 5) is 17.4. The molecule has 2 N–H and O–H groups in total. The van der Waals surface area contributed by atoms with Crippen molar-refractivity contribution in [1.29, 1.82) is 0 Å². The van der Waals surface area contributed by atoms with Crippen LogP contribution < -0.4 is 20.3 Å². The number of hydrogen-bond acceptors (Lipinski definition) is 6. The highest BCUT2D eigenvalue weighted by atomic mass is 127. The van der Waals surface area contributed by atoms with Gasteiger partial charge < -0.3 is 20.3 Å². The molecular weight excluding hydrogens is 531 g/mol. The summed E-state index contributed by atoms with van der Waals surface area (Å²) in [6.45, 7) is 3.03. The molecule has 1 aliphatic heterocycles. The Labute approximate surface area is 204 Å². The lowest BCUT2D eigenvalue weighted by molar-refractivity contribution is -0.0504. The van der Waals surface area contributed by atoms with E-state index in [9.17, 15) is 8.78 Å². The number of nitrogens with one attached hydrogen (secondary N) is 2. The standard InChI is InChI=1S/C21H29F2N7O.HI/c1-24-20(28-16-17-6-2-3-7-18(17)31-19(22)23)25-10-5-11-29-12-14-30(15-13-29)21-26-8-4-9-27-21;/h2-4,6-9,19H,5,10-16H2,1H3,(H2,24,25,28);1H. The molecule has 0 unspecified atom stereocenters. The number of hydrogen-bond donors (Lipinski definition) is 2. The summed E-state index contributed by atoms with van der Waals surface area (Å²) in [5, 5.41) is 6.41. The molecule has 0 aliphatic carbocycles. The minimum Gasteiger partial charge on any atom is -0.434 e. The lowest BCUT2D eigenvalue weighted by atomic mass is 10.2. The van der Waals surface area contributed by atoms with E-state index >= 15 is 0 Å². The van der Waals surface area contributed by atoms with Crippen LogP contribution in [-0.2, 0) is 6.54 Å². The molecule has 2 aromatic rings. The number of para-hydroxylation sites is 1. The number of alkyl halides is 2. The fourth-order valence-electron chi connectivity index (χ4n) is 3.40. The number of aromatic nitrogens is 2. The van der Waals surface area contributed by atoms with Crippen LogP contribution in [0, 0.1) is 0 Å². The van der Waals surface area contributed by atoms with E-state index in [0.29, 0.717) is 18.1 Å². The van der Waals surface area contributed by atoms with E-state index in [2.05, 4.69) is 40.1 Å². The predicted molar refractivity (Wildman–Crippen MR) is 132 cm³/mol. The lowest BCUT2D eigenvalue weighted by Crippen LogP contribution is -2.47. The second kappa shape index (κ2) is 14.0. The van der Waals surface area contributed by atoms with Crippen molar-refractivity contribution >= 4 is 35.9 Å².